The van der Waals surface area contributed by atoms with Crippen molar-refractivity contribution in [2.24, 2.45) is 5.92 Å². The second-order valence-electron chi connectivity index (χ2n) is 7.03. The Bertz CT molecular complexity index is 1070. The fourth-order valence-electron chi connectivity index (χ4n) is 3.17. The number of benzene rings is 2. The largest absolute Gasteiger partial charge is 0.345 e. The van der Waals surface area contributed by atoms with Crippen LogP contribution in [0.2, 0.25) is 15.1 Å². The van der Waals surface area contributed by atoms with Gasteiger partial charge in [-0.2, -0.15) is 0 Å². The Hall–Kier alpha value is -1.57. The van der Waals surface area contributed by atoms with Crippen molar-refractivity contribution in [2.45, 2.75) is 17.2 Å². The molecule has 0 radical (unpaired) electrons. The van der Waals surface area contributed by atoms with Crippen LogP contribution in [-0.4, -0.2) is 28.5 Å². The highest BCUT2D eigenvalue weighted by Gasteiger charge is 2.67. The highest BCUT2D eigenvalue weighted by Crippen LogP contribution is 2.65. The number of carbonyl (C=O) groups excluding carboxylic acids is 3. The minimum Gasteiger partial charge on any atom is -0.345 e. The number of carbonyl (C=O) groups is 3. The van der Waals surface area contributed by atoms with E-state index in [9.17, 15) is 18.8 Å². The summed E-state index contributed by atoms with van der Waals surface area (Å²) >= 11 is 30.5. The summed E-state index contributed by atoms with van der Waals surface area (Å²) in [4.78, 5) is 36.1. The molecule has 31 heavy (non-hydrogen) atoms. The van der Waals surface area contributed by atoms with Gasteiger partial charge in [0.2, 0.25) is 5.91 Å². The van der Waals surface area contributed by atoms with E-state index in [0.717, 1.165) is 6.07 Å². The van der Waals surface area contributed by atoms with E-state index >= 15 is 0 Å². The standard InChI is InChI=1S/C20H14Cl5FN2O3/c1-8(29)7-27-18(30)13-5-12(6-14(26)17(13)23)28-19(31)16-15(20(16,24)25)9-2-10(21)4-11(22)3-9/h2-6,15-16H,7H2,1H3,(H,27,30)(H,28,31). The Morgan fingerprint density at radius 1 is 1.03 bits per heavy atom. The molecule has 2 unspecified atom stereocenters. The molecule has 0 aliphatic heterocycles. The quantitative estimate of drug-likeness (QED) is 0.479. The minimum absolute atomic E-state index is 0.0289. The number of ketones is 1. The molecule has 0 spiro atoms. The number of Topliss-reactive ketones (excluding diaryl/α,β-unsaturated/α-hetero) is 1. The summed E-state index contributed by atoms with van der Waals surface area (Å²) in [6.45, 7) is 1.03. The first-order valence-electron chi connectivity index (χ1n) is 8.83. The second-order valence-corrected chi connectivity index (χ2v) is 9.72. The minimum atomic E-state index is -1.43. The summed E-state index contributed by atoms with van der Waals surface area (Å²) in [5.74, 6) is -4.05. The third-order valence-corrected chi connectivity index (χ3v) is 6.38. The smallest absolute Gasteiger partial charge is 0.253 e. The SMILES string of the molecule is CC(=O)CNC(=O)c1cc(NC(=O)C2C(c3cc(Cl)cc(Cl)c3)C2(Cl)Cl)cc(F)c1Cl. The number of nitrogens with one attached hydrogen (secondary N) is 2. The maximum absolute atomic E-state index is 14.2. The van der Waals surface area contributed by atoms with Crippen LogP contribution in [0.25, 0.3) is 0 Å². The monoisotopic (exact) mass is 524 g/mol. The van der Waals surface area contributed by atoms with Gasteiger partial charge in [-0.3, -0.25) is 14.4 Å². The molecular weight excluding hydrogens is 512 g/mol. The van der Waals surface area contributed by atoms with Gasteiger partial charge in [0.1, 0.15) is 15.9 Å². The fraction of sp³-hybridized carbons (Fsp3) is 0.250. The van der Waals surface area contributed by atoms with E-state index in [1.165, 1.54) is 19.1 Å². The van der Waals surface area contributed by atoms with Gasteiger partial charge in [0, 0.05) is 21.7 Å². The van der Waals surface area contributed by atoms with Crippen LogP contribution in [0.5, 0.6) is 0 Å². The highest BCUT2D eigenvalue weighted by molar-refractivity contribution is 6.53. The van der Waals surface area contributed by atoms with E-state index in [-0.39, 0.29) is 23.6 Å². The molecule has 1 aliphatic carbocycles. The fourth-order valence-corrected chi connectivity index (χ4v) is 4.73. The van der Waals surface area contributed by atoms with Gasteiger partial charge in [-0.1, -0.05) is 34.8 Å². The molecule has 2 amide bonds. The summed E-state index contributed by atoms with van der Waals surface area (Å²) in [7, 11) is 0. The van der Waals surface area contributed by atoms with Crippen LogP contribution in [0.15, 0.2) is 30.3 Å². The number of halogens is 6. The van der Waals surface area contributed by atoms with E-state index in [1.807, 2.05) is 0 Å². The van der Waals surface area contributed by atoms with Crippen LogP contribution in [0.4, 0.5) is 10.1 Å². The summed E-state index contributed by atoms with van der Waals surface area (Å²) in [5, 5.41) is 5.09. The van der Waals surface area contributed by atoms with E-state index < -0.39 is 38.8 Å². The maximum Gasteiger partial charge on any atom is 0.253 e. The Morgan fingerprint density at radius 2 is 1.65 bits per heavy atom. The molecule has 5 nitrogen and oxygen atoms in total. The number of amides is 2. The van der Waals surface area contributed by atoms with Crippen molar-refractivity contribution >= 4 is 81.3 Å². The number of rotatable bonds is 6. The molecule has 1 fully saturated rings. The first-order chi connectivity index (χ1) is 14.4. The lowest BCUT2D eigenvalue weighted by Crippen LogP contribution is -2.28. The van der Waals surface area contributed by atoms with Crippen LogP contribution >= 0.6 is 58.0 Å². The van der Waals surface area contributed by atoms with E-state index in [1.54, 1.807) is 12.1 Å². The Morgan fingerprint density at radius 3 is 2.23 bits per heavy atom. The summed E-state index contributed by atoms with van der Waals surface area (Å²) < 4.78 is 12.8. The van der Waals surface area contributed by atoms with Crippen LogP contribution in [-0.2, 0) is 9.59 Å². The van der Waals surface area contributed by atoms with Gasteiger partial charge in [0.15, 0.2) is 0 Å². The molecule has 3 rings (SSSR count). The van der Waals surface area contributed by atoms with Crippen molar-refractivity contribution in [1.82, 2.24) is 5.32 Å². The van der Waals surface area contributed by atoms with Crippen LogP contribution in [0, 0.1) is 11.7 Å². The van der Waals surface area contributed by atoms with E-state index in [4.69, 9.17) is 58.0 Å². The van der Waals surface area contributed by atoms with Crippen LogP contribution in [0.1, 0.15) is 28.8 Å². The topological polar surface area (TPSA) is 75.3 Å². The summed E-state index contributed by atoms with van der Waals surface area (Å²) in [5.41, 5.74) is 0.309. The third kappa shape index (κ3) is 5.26. The first kappa shape index (κ1) is 24.1. The van der Waals surface area contributed by atoms with E-state index in [2.05, 4.69) is 10.6 Å². The number of anilines is 1. The molecule has 0 aromatic heterocycles. The molecule has 0 saturated heterocycles. The third-order valence-electron chi connectivity index (χ3n) is 4.62. The van der Waals surface area contributed by atoms with Crippen molar-refractivity contribution in [3.05, 3.63) is 62.3 Å². The van der Waals surface area contributed by atoms with Crippen molar-refractivity contribution in [3.63, 3.8) is 0 Å². The Kier molecular flexibility index (Phi) is 7.08. The van der Waals surface area contributed by atoms with Gasteiger partial charge in [-0.15, -0.1) is 23.2 Å². The lowest BCUT2D eigenvalue weighted by Gasteiger charge is -2.11. The number of alkyl halides is 2. The predicted octanol–water partition coefficient (Wildman–Crippen LogP) is 5.63. The predicted molar refractivity (Wildman–Crippen MR) is 120 cm³/mol. The molecule has 0 bridgehead atoms. The molecule has 1 saturated carbocycles. The molecule has 1 aliphatic rings. The van der Waals surface area contributed by atoms with Crippen LogP contribution in [0.3, 0.4) is 0 Å². The zero-order chi connectivity index (χ0) is 23.1. The maximum atomic E-state index is 14.2. The van der Waals surface area contributed by atoms with Gasteiger partial charge in [-0.25, -0.2) is 4.39 Å². The number of hydrogen-bond acceptors (Lipinski definition) is 3. The zero-order valence-corrected chi connectivity index (χ0v) is 19.5. The van der Waals surface area contributed by atoms with Crippen molar-refractivity contribution < 1.29 is 18.8 Å². The lowest BCUT2D eigenvalue weighted by atomic mass is 10.1. The molecule has 11 heteroatoms. The molecular formula is C20H14Cl5FN2O3. The summed E-state index contributed by atoms with van der Waals surface area (Å²) in [6.07, 6.45) is 0. The van der Waals surface area contributed by atoms with Crippen LogP contribution < -0.4 is 10.6 Å². The van der Waals surface area contributed by atoms with Gasteiger partial charge in [0.05, 0.1) is 23.0 Å². The molecule has 0 heterocycles. The van der Waals surface area contributed by atoms with Gasteiger partial charge in [-0.05, 0) is 42.8 Å². The Labute approximate surface area is 202 Å². The van der Waals surface area contributed by atoms with Gasteiger partial charge in [0.25, 0.3) is 5.91 Å². The van der Waals surface area contributed by atoms with Gasteiger partial charge >= 0.3 is 0 Å². The molecule has 2 aromatic rings. The van der Waals surface area contributed by atoms with E-state index in [0.29, 0.717) is 15.6 Å². The first-order valence-corrected chi connectivity index (χ1v) is 10.7. The van der Waals surface area contributed by atoms with Gasteiger partial charge < -0.3 is 10.6 Å². The van der Waals surface area contributed by atoms with Crippen molar-refractivity contribution in [2.75, 3.05) is 11.9 Å². The lowest BCUT2D eigenvalue weighted by molar-refractivity contribution is -0.117. The Balaban J connectivity index is 1.81. The summed E-state index contributed by atoms with van der Waals surface area (Å²) in [6, 6.07) is 6.88. The number of hydrogen-bond donors (Lipinski definition) is 2. The van der Waals surface area contributed by atoms with Crippen molar-refractivity contribution in [3.8, 4) is 0 Å². The molecule has 2 N–H and O–H groups in total. The molecule has 2 aromatic carbocycles. The second kappa shape index (κ2) is 9.12. The average molecular weight is 527 g/mol. The average Bonchev–Trinajstić information content (AvgIpc) is 3.24. The molecule has 2 atom stereocenters. The van der Waals surface area contributed by atoms with Crippen molar-refractivity contribution in [1.29, 1.82) is 0 Å². The zero-order valence-electron chi connectivity index (χ0n) is 15.7. The normalized spacial score (nSPS) is 18.9. The molecule has 164 valence electrons. The highest BCUT2D eigenvalue weighted by atomic mass is 35.5.